The third-order valence-corrected chi connectivity index (χ3v) is 4.16. The van der Waals surface area contributed by atoms with Gasteiger partial charge in [0.1, 0.15) is 0 Å². The fourth-order valence-electron chi connectivity index (χ4n) is 1.31. The van der Waals surface area contributed by atoms with E-state index >= 15 is 0 Å². The summed E-state index contributed by atoms with van der Waals surface area (Å²) in [4.78, 5) is 11.9. The molecule has 0 aliphatic heterocycles. The molecule has 0 saturated heterocycles. The Morgan fingerprint density at radius 1 is 1.53 bits per heavy atom. The minimum absolute atomic E-state index is 0.119. The summed E-state index contributed by atoms with van der Waals surface area (Å²) in [6.45, 7) is 1.82. The molecule has 102 valence electrons. The molecular weight excluding hydrogens is 303 g/mol. The summed E-state index contributed by atoms with van der Waals surface area (Å²) >= 11 is 13.3. The van der Waals surface area contributed by atoms with Crippen LogP contribution in [-0.2, 0) is 4.79 Å². The van der Waals surface area contributed by atoms with Crippen LogP contribution in [0.3, 0.4) is 0 Å². The maximum atomic E-state index is 11.9. The molecule has 0 aliphatic carbocycles. The molecule has 19 heavy (non-hydrogen) atoms. The lowest BCUT2D eigenvalue weighted by molar-refractivity contribution is -0.115. The van der Waals surface area contributed by atoms with E-state index in [1.807, 2.05) is 6.92 Å². The molecule has 0 bridgehead atoms. The van der Waals surface area contributed by atoms with Crippen molar-refractivity contribution in [2.45, 2.75) is 25.0 Å². The highest BCUT2D eigenvalue weighted by atomic mass is 35.5. The topological polar surface area (TPSA) is 52.9 Å². The predicted octanol–water partition coefficient (Wildman–Crippen LogP) is 4.36. The number of amides is 1. The fourth-order valence-corrected chi connectivity index (χ4v) is 2.53. The molecule has 1 N–H and O–H groups in total. The average molecular weight is 317 g/mol. The number of nitriles is 1. The zero-order valence-electron chi connectivity index (χ0n) is 10.5. The van der Waals surface area contributed by atoms with Gasteiger partial charge in [0.15, 0.2) is 0 Å². The second-order valence-corrected chi connectivity index (χ2v) is 6.18. The lowest BCUT2D eigenvalue weighted by Crippen LogP contribution is -2.23. The maximum Gasteiger partial charge on any atom is 0.237 e. The fraction of sp³-hybridized carbons (Fsp3) is 0.385. The molecule has 1 amide bonds. The summed E-state index contributed by atoms with van der Waals surface area (Å²) in [5.74, 6) is 0.664. The van der Waals surface area contributed by atoms with E-state index in [1.54, 1.807) is 18.2 Å². The molecule has 0 heterocycles. The maximum absolute atomic E-state index is 11.9. The van der Waals surface area contributed by atoms with Crippen LogP contribution in [0.4, 0.5) is 5.69 Å². The van der Waals surface area contributed by atoms with Crippen molar-refractivity contribution in [1.82, 2.24) is 0 Å². The van der Waals surface area contributed by atoms with E-state index < -0.39 is 0 Å². The third kappa shape index (κ3) is 5.73. The SMILES string of the molecule is CC(SCCCC#N)C(=O)Nc1cc(Cl)ccc1Cl. The van der Waals surface area contributed by atoms with Crippen LogP contribution in [0.5, 0.6) is 0 Å². The number of carbonyl (C=O) groups is 1. The van der Waals surface area contributed by atoms with E-state index in [9.17, 15) is 4.79 Å². The molecular formula is C13H14Cl2N2OS. The van der Waals surface area contributed by atoms with Crippen LogP contribution in [0, 0.1) is 11.3 Å². The van der Waals surface area contributed by atoms with E-state index in [2.05, 4.69) is 11.4 Å². The van der Waals surface area contributed by atoms with Gasteiger partial charge >= 0.3 is 0 Å². The van der Waals surface area contributed by atoms with Crippen LogP contribution in [-0.4, -0.2) is 16.9 Å². The van der Waals surface area contributed by atoms with Crippen molar-refractivity contribution in [3.8, 4) is 6.07 Å². The molecule has 0 spiro atoms. The first kappa shape index (κ1) is 16.2. The van der Waals surface area contributed by atoms with Crippen molar-refractivity contribution in [3.05, 3.63) is 28.2 Å². The molecule has 6 heteroatoms. The highest BCUT2D eigenvalue weighted by Gasteiger charge is 2.14. The van der Waals surface area contributed by atoms with E-state index in [1.165, 1.54) is 11.8 Å². The van der Waals surface area contributed by atoms with E-state index in [4.69, 9.17) is 28.5 Å². The van der Waals surface area contributed by atoms with Gasteiger partial charge in [-0.3, -0.25) is 4.79 Å². The lowest BCUT2D eigenvalue weighted by atomic mass is 10.3. The van der Waals surface area contributed by atoms with Crippen molar-refractivity contribution in [3.63, 3.8) is 0 Å². The number of rotatable bonds is 6. The Labute approximate surface area is 127 Å². The average Bonchev–Trinajstić information content (AvgIpc) is 2.38. The summed E-state index contributed by atoms with van der Waals surface area (Å²) in [5, 5.41) is 12.0. The molecule has 0 aliphatic rings. The van der Waals surface area contributed by atoms with Gasteiger partial charge < -0.3 is 5.32 Å². The van der Waals surface area contributed by atoms with Crippen LogP contribution in [0.25, 0.3) is 0 Å². The molecule has 0 aromatic heterocycles. The Kier molecular flexibility index (Phi) is 7.07. The van der Waals surface area contributed by atoms with Gasteiger partial charge in [-0.2, -0.15) is 5.26 Å². The van der Waals surface area contributed by atoms with Crippen LogP contribution >= 0.6 is 35.0 Å². The smallest absolute Gasteiger partial charge is 0.237 e. The van der Waals surface area contributed by atoms with Crippen molar-refractivity contribution in [1.29, 1.82) is 5.26 Å². The van der Waals surface area contributed by atoms with Crippen molar-refractivity contribution < 1.29 is 4.79 Å². The van der Waals surface area contributed by atoms with Crippen LogP contribution in [0.15, 0.2) is 18.2 Å². The summed E-state index contributed by atoms with van der Waals surface area (Å²) in [7, 11) is 0. The summed E-state index contributed by atoms with van der Waals surface area (Å²) in [5.41, 5.74) is 0.517. The monoisotopic (exact) mass is 316 g/mol. The molecule has 1 unspecified atom stereocenters. The largest absolute Gasteiger partial charge is 0.324 e. The number of nitrogens with one attached hydrogen (secondary N) is 1. The third-order valence-electron chi connectivity index (χ3n) is 2.36. The molecule has 1 atom stereocenters. The van der Waals surface area contributed by atoms with Gasteiger partial charge in [-0.05, 0) is 37.3 Å². The first-order valence-electron chi connectivity index (χ1n) is 5.79. The number of nitrogens with zero attached hydrogens (tertiary/aromatic N) is 1. The number of halogens is 2. The van der Waals surface area contributed by atoms with Crippen LogP contribution in [0.1, 0.15) is 19.8 Å². The number of hydrogen-bond donors (Lipinski definition) is 1. The predicted molar refractivity (Wildman–Crippen MR) is 81.9 cm³/mol. The van der Waals surface area contributed by atoms with Gasteiger partial charge in [0, 0.05) is 11.4 Å². The molecule has 3 nitrogen and oxygen atoms in total. The molecule has 1 aromatic carbocycles. The lowest BCUT2D eigenvalue weighted by Gasteiger charge is -2.12. The number of hydrogen-bond acceptors (Lipinski definition) is 3. The van der Waals surface area contributed by atoms with Crippen molar-refractivity contribution >= 4 is 46.6 Å². The Bertz CT molecular complexity index is 488. The Hall–Kier alpha value is -0.890. The second kappa shape index (κ2) is 8.31. The van der Waals surface area contributed by atoms with Gasteiger partial charge in [0.05, 0.1) is 22.0 Å². The summed E-state index contributed by atoms with van der Waals surface area (Å²) in [6, 6.07) is 7.01. The zero-order chi connectivity index (χ0) is 14.3. The molecule has 1 aromatic rings. The molecule has 1 rings (SSSR count). The van der Waals surface area contributed by atoms with Crippen LogP contribution < -0.4 is 5.32 Å². The molecule has 0 radical (unpaired) electrons. The Balaban J connectivity index is 2.50. The molecule has 0 fully saturated rings. The summed E-state index contributed by atoms with van der Waals surface area (Å²) in [6.07, 6.45) is 1.30. The minimum atomic E-state index is -0.200. The van der Waals surface area contributed by atoms with Crippen molar-refractivity contribution in [2.24, 2.45) is 0 Å². The van der Waals surface area contributed by atoms with Gasteiger partial charge in [0.25, 0.3) is 0 Å². The van der Waals surface area contributed by atoms with E-state index in [0.717, 1.165) is 12.2 Å². The van der Waals surface area contributed by atoms with Gasteiger partial charge in [-0.25, -0.2) is 0 Å². The summed E-state index contributed by atoms with van der Waals surface area (Å²) < 4.78 is 0. The highest BCUT2D eigenvalue weighted by Crippen LogP contribution is 2.26. The second-order valence-electron chi connectivity index (χ2n) is 3.89. The van der Waals surface area contributed by atoms with E-state index in [0.29, 0.717) is 22.2 Å². The first-order valence-corrected chi connectivity index (χ1v) is 7.59. The number of carbonyl (C=O) groups excluding carboxylic acids is 1. The number of unbranched alkanes of at least 4 members (excludes halogenated alkanes) is 1. The van der Waals surface area contributed by atoms with Crippen molar-refractivity contribution in [2.75, 3.05) is 11.1 Å². The zero-order valence-corrected chi connectivity index (χ0v) is 12.8. The molecule has 0 saturated carbocycles. The van der Waals surface area contributed by atoms with Gasteiger partial charge in [-0.1, -0.05) is 23.2 Å². The first-order chi connectivity index (χ1) is 9.04. The standard InChI is InChI=1S/C13H14Cl2N2OS/c1-9(19-7-3-2-6-16)13(18)17-12-8-10(14)4-5-11(12)15/h4-5,8-9H,2-3,7H2,1H3,(H,17,18). The van der Waals surface area contributed by atoms with Crippen LogP contribution in [0.2, 0.25) is 10.0 Å². The number of anilines is 1. The highest BCUT2D eigenvalue weighted by molar-refractivity contribution is 8.00. The quantitative estimate of drug-likeness (QED) is 0.793. The Morgan fingerprint density at radius 3 is 2.95 bits per heavy atom. The van der Waals surface area contributed by atoms with Gasteiger partial charge in [-0.15, -0.1) is 11.8 Å². The van der Waals surface area contributed by atoms with Gasteiger partial charge in [0.2, 0.25) is 5.91 Å². The minimum Gasteiger partial charge on any atom is -0.324 e. The van der Waals surface area contributed by atoms with E-state index in [-0.39, 0.29) is 11.2 Å². The normalized spacial score (nSPS) is 11.7. The Morgan fingerprint density at radius 2 is 2.26 bits per heavy atom. The number of thioether (sulfide) groups is 1. The number of benzene rings is 1.